The Labute approximate surface area is 132 Å². The number of carbonyl (C=O) groups excluding carboxylic acids is 1. The molecule has 0 radical (unpaired) electrons. The van der Waals surface area contributed by atoms with Gasteiger partial charge in [0.15, 0.2) is 0 Å². The lowest BCUT2D eigenvalue weighted by molar-refractivity contribution is -0.116. The number of halogens is 3. The van der Waals surface area contributed by atoms with Gasteiger partial charge in [0, 0.05) is 16.5 Å². The summed E-state index contributed by atoms with van der Waals surface area (Å²) in [6.07, 6.45) is 0.899. The van der Waals surface area contributed by atoms with E-state index in [1.807, 2.05) is 24.3 Å². The van der Waals surface area contributed by atoms with Crippen LogP contribution in [0.3, 0.4) is 0 Å². The molecule has 0 unspecified atom stereocenters. The molecule has 0 spiro atoms. The highest BCUT2D eigenvalue weighted by molar-refractivity contribution is 6.35. The summed E-state index contributed by atoms with van der Waals surface area (Å²) in [6, 6.07) is 12.4. The number of hydrogen-bond acceptors (Lipinski definition) is 1. The SMILES string of the molecule is O=C(CCc1ccccc1Cl)Nc1cc(Cl)ccc1Cl. The Balaban J connectivity index is 1.96. The van der Waals surface area contributed by atoms with E-state index in [0.29, 0.717) is 33.6 Å². The third kappa shape index (κ3) is 4.14. The summed E-state index contributed by atoms with van der Waals surface area (Å²) < 4.78 is 0. The first-order chi connectivity index (χ1) is 9.56. The van der Waals surface area contributed by atoms with E-state index in [-0.39, 0.29) is 5.91 Å². The van der Waals surface area contributed by atoms with Crippen molar-refractivity contribution in [3.05, 3.63) is 63.1 Å². The summed E-state index contributed by atoms with van der Waals surface area (Å²) in [5, 5.41) is 4.39. The van der Waals surface area contributed by atoms with E-state index < -0.39 is 0 Å². The molecule has 0 heterocycles. The van der Waals surface area contributed by atoms with E-state index in [2.05, 4.69) is 5.32 Å². The van der Waals surface area contributed by atoms with Gasteiger partial charge >= 0.3 is 0 Å². The Morgan fingerprint density at radius 2 is 1.75 bits per heavy atom. The molecule has 2 aromatic carbocycles. The van der Waals surface area contributed by atoms with Gasteiger partial charge in [0.1, 0.15) is 0 Å². The van der Waals surface area contributed by atoms with Gasteiger partial charge in [-0.3, -0.25) is 4.79 Å². The Bertz CT molecular complexity index is 628. The quantitative estimate of drug-likeness (QED) is 0.819. The molecule has 2 rings (SSSR count). The fraction of sp³-hybridized carbons (Fsp3) is 0.133. The standard InChI is InChI=1S/C15H12Cl3NO/c16-11-6-7-13(18)14(9-11)19-15(20)8-5-10-3-1-2-4-12(10)17/h1-4,6-7,9H,5,8H2,(H,19,20). The molecule has 0 aromatic heterocycles. The number of benzene rings is 2. The first-order valence-electron chi connectivity index (χ1n) is 6.04. The van der Waals surface area contributed by atoms with Crippen molar-refractivity contribution in [2.24, 2.45) is 0 Å². The molecule has 104 valence electrons. The smallest absolute Gasteiger partial charge is 0.224 e. The lowest BCUT2D eigenvalue weighted by Crippen LogP contribution is -2.12. The summed E-state index contributed by atoms with van der Waals surface area (Å²) in [6.45, 7) is 0. The van der Waals surface area contributed by atoms with Gasteiger partial charge in [-0.1, -0.05) is 53.0 Å². The zero-order chi connectivity index (χ0) is 14.5. The van der Waals surface area contributed by atoms with Crippen molar-refractivity contribution in [3.8, 4) is 0 Å². The van der Waals surface area contributed by atoms with Gasteiger partial charge < -0.3 is 5.32 Å². The highest BCUT2D eigenvalue weighted by Gasteiger charge is 2.08. The second-order valence-electron chi connectivity index (χ2n) is 4.26. The van der Waals surface area contributed by atoms with Crippen molar-refractivity contribution in [2.45, 2.75) is 12.8 Å². The Morgan fingerprint density at radius 1 is 1.00 bits per heavy atom. The molecule has 1 N–H and O–H groups in total. The summed E-state index contributed by atoms with van der Waals surface area (Å²) in [5.74, 6) is -0.130. The molecule has 2 nitrogen and oxygen atoms in total. The Morgan fingerprint density at radius 3 is 2.50 bits per heavy atom. The minimum Gasteiger partial charge on any atom is -0.325 e. The first-order valence-corrected chi connectivity index (χ1v) is 7.18. The maximum absolute atomic E-state index is 11.9. The zero-order valence-electron chi connectivity index (χ0n) is 10.5. The van der Waals surface area contributed by atoms with Crippen LogP contribution < -0.4 is 5.32 Å². The summed E-state index contributed by atoms with van der Waals surface area (Å²) >= 11 is 17.9. The minimum atomic E-state index is -0.130. The van der Waals surface area contributed by atoms with Gasteiger partial charge in [0.25, 0.3) is 0 Å². The van der Waals surface area contributed by atoms with Crippen molar-refractivity contribution in [3.63, 3.8) is 0 Å². The first kappa shape index (κ1) is 15.2. The van der Waals surface area contributed by atoms with Crippen molar-refractivity contribution < 1.29 is 4.79 Å². The summed E-state index contributed by atoms with van der Waals surface area (Å²) in [7, 11) is 0. The van der Waals surface area contributed by atoms with Crippen LogP contribution in [0.4, 0.5) is 5.69 Å². The van der Waals surface area contributed by atoms with Gasteiger partial charge in [-0.15, -0.1) is 0 Å². The van der Waals surface area contributed by atoms with Crippen LogP contribution in [-0.2, 0) is 11.2 Å². The lowest BCUT2D eigenvalue weighted by atomic mass is 10.1. The Hall–Kier alpha value is -1.22. The molecule has 1 amide bonds. The van der Waals surface area contributed by atoms with E-state index in [4.69, 9.17) is 34.8 Å². The topological polar surface area (TPSA) is 29.1 Å². The number of amides is 1. The monoisotopic (exact) mass is 327 g/mol. The van der Waals surface area contributed by atoms with Crippen LogP contribution in [0, 0.1) is 0 Å². The van der Waals surface area contributed by atoms with Gasteiger partial charge in [0.2, 0.25) is 5.91 Å². The van der Waals surface area contributed by atoms with Crippen LogP contribution >= 0.6 is 34.8 Å². The number of nitrogens with one attached hydrogen (secondary N) is 1. The second kappa shape index (κ2) is 6.98. The number of aryl methyl sites for hydroxylation is 1. The molecule has 2 aromatic rings. The van der Waals surface area contributed by atoms with Crippen molar-refractivity contribution in [1.29, 1.82) is 0 Å². The van der Waals surface area contributed by atoms with E-state index in [0.717, 1.165) is 5.56 Å². The van der Waals surface area contributed by atoms with E-state index >= 15 is 0 Å². The zero-order valence-corrected chi connectivity index (χ0v) is 12.8. The molecule has 0 aliphatic carbocycles. The molecule has 20 heavy (non-hydrogen) atoms. The van der Waals surface area contributed by atoms with E-state index in [9.17, 15) is 4.79 Å². The second-order valence-corrected chi connectivity index (χ2v) is 5.51. The number of rotatable bonds is 4. The molecule has 0 atom stereocenters. The highest BCUT2D eigenvalue weighted by atomic mass is 35.5. The fourth-order valence-electron chi connectivity index (χ4n) is 1.76. The van der Waals surface area contributed by atoms with Gasteiger partial charge in [0.05, 0.1) is 10.7 Å². The van der Waals surface area contributed by atoms with Gasteiger partial charge in [-0.05, 0) is 36.2 Å². The summed E-state index contributed by atoms with van der Waals surface area (Å²) in [5.41, 5.74) is 1.46. The third-order valence-electron chi connectivity index (χ3n) is 2.78. The predicted molar refractivity (Wildman–Crippen MR) is 84.9 cm³/mol. The molecule has 0 aliphatic rings. The lowest BCUT2D eigenvalue weighted by Gasteiger charge is -2.08. The van der Waals surface area contributed by atoms with Crippen LogP contribution in [0.15, 0.2) is 42.5 Å². The van der Waals surface area contributed by atoms with Gasteiger partial charge in [-0.2, -0.15) is 0 Å². The molecule has 0 saturated carbocycles. The molecule has 0 fully saturated rings. The normalized spacial score (nSPS) is 10.3. The van der Waals surface area contributed by atoms with Crippen LogP contribution in [0.25, 0.3) is 0 Å². The molecular formula is C15H12Cl3NO. The summed E-state index contributed by atoms with van der Waals surface area (Å²) in [4.78, 5) is 11.9. The molecule has 0 saturated heterocycles. The molecular weight excluding hydrogens is 317 g/mol. The predicted octanol–water partition coefficient (Wildman–Crippen LogP) is 5.22. The maximum Gasteiger partial charge on any atom is 0.224 e. The molecule has 0 bridgehead atoms. The highest BCUT2D eigenvalue weighted by Crippen LogP contribution is 2.25. The largest absolute Gasteiger partial charge is 0.325 e. The van der Waals surface area contributed by atoms with Crippen LogP contribution in [0.2, 0.25) is 15.1 Å². The Kier molecular flexibility index (Phi) is 5.30. The van der Waals surface area contributed by atoms with Crippen LogP contribution in [0.1, 0.15) is 12.0 Å². The minimum absolute atomic E-state index is 0.130. The molecule has 5 heteroatoms. The van der Waals surface area contributed by atoms with Crippen molar-refractivity contribution >= 4 is 46.4 Å². The fourth-order valence-corrected chi connectivity index (χ4v) is 2.32. The van der Waals surface area contributed by atoms with Crippen molar-refractivity contribution in [1.82, 2.24) is 0 Å². The van der Waals surface area contributed by atoms with Crippen LogP contribution in [0.5, 0.6) is 0 Å². The van der Waals surface area contributed by atoms with E-state index in [1.54, 1.807) is 18.2 Å². The van der Waals surface area contributed by atoms with Gasteiger partial charge in [-0.25, -0.2) is 0 Å². The maximum atomic E-state index is 11.9. The number of carbonyl (C=O) groups is 1. The number of anilines is 1. The van der Waals surface area contributed by atoms with Crippen molar-refractivity contribution in [2.75, 3.05) is 5.32 Å². The average Bonchev–Trinajstić information content (AvgIpc) is 2.42. The van der Waals surface area contributed by atoms with E-state index in [1.165, 1.54) is 0 Å². The average molecular weight is 329 g/mol. The molecule has 0 aliphatic heterocycles. The van der Waals surface area contributed by atoms with Crippen LogP contribution in [-0.4, -0.2) is 5.91 Å². The number of hydrogen-bond donors (Lipinski definition) is 1. The third-order valence-corrected chi connectivity index (χ3v) is 3.72.